The van der Waals surface area contributed by atoms with Crippen molar-refractivity contribution in [2.75, 3.05) is 11.9 Å². The number of rotatable bonds is 4. The van der Waals surface area contributed by atoms with Gasteiger partial charge in [-0.15, -0.1) is 0 Å². The van der Waals surface area contributed by atoms with E-state index in [0.717, 1.165) is 11.1 Å². The standard InChI is InChI=1S/C17H16Cl2N2O3/c1-9-4-5-10(2)12(6-9)17(23)24-8-14(22)21-16-15(19)11(3)13(18)7-20-16/h4-7H,8H2,1-3H3,(H,20,21,22). The van der Waals surface area contributed by atoms with Crippen molar-refractivity contribution >= 4 is 40.9 Å². The van der Waals surface area contributed by atoms with Crippen molar-refractivity contribution < 1.29 is 14.3 Å². The molecule has 24 heavy (non-hydrogen) atoms. The van der Waals surface area contributed by atoms with Crippen LogP contribution in [-0.2, 0) is 9.53 Å². The monoisotopic (exact) mass is 366 g/mol. The summed E-state index contributed by atoms with van der Waals surface area (Å²) in [4.78, 5) is 28.0. The van der Waals surface area contributed by atoms with Gasteiger partial charge in [0.25, 0.3) is 5.91 Å². The molecule has 0 aliphatic carbocycles. The molecule has 0 aliphatic heterocycles. The number of pyridine rings is 1. The summed E-state index contributed by atoms with van der Waals surface area (Å²) in [6, 6.07) is 5.44. The quantitative estimate of drug-likeness (QED) is 0.826. The molecule has 0 radical (unpaired) electrons. The van der Waals surface area contributed by atoms with Crippen LogP contribution in [0.4, 0.5) is 5.82 Å². The molecule has 0 atom stereocenters. The number of carbonyl (C=O) groups is 2. The van der Waals surface area contributed by atoms with Crippen molar-refractivity contribution in [2.24, 2.45) is 0 Å². The van der Waals surface area contributed by atoms with Gasteiger partial charge in [0.15, 0.2) is 12.4 Å². The van der Waals surface area contributed by atoms with Crippen LogP contribution < -0.4 is 5.32 Å². The molecule has 1 aromatic carbocycles. The third kappa shape index (κ3) is 4.24. The summed E-state index contributed by atoms with van der Waals surface area (Å²) in [6.07, 6.45) is 1.39. The van der Waals surface area contributed by atoms with Gasteiger partial charge in [-0.3, -0.25) is 4.79 Å². The molecule has 0 unspecified atom stereocenters. The van der Waals surface area contributed by atoms with E-state index in [1.165, 1.54) is 6.20 Å². The molecular formula is C17H16Cl2N2O3. The smallest absolute Gasteiger partial charge is 0.338 e. The maximum Gasteiger partial charge on any atom is 0.338 e. The Bertz CT molecular complexity index is 807. The van der Waals surface area contributed by atoms with Crippen LogP contribution >= 0.6 is 23.2 Å². The molecule has 1 aromatic heterocycles. The molecule has 1 heterocycles. The van der Waals surface area contributed by atoms with Crippen molar-refractivity contribution in [2.45, 2.75) is 20.8 Å². The summed E-state index contributed by atoms with van der Waals surface area (Å²) < 4.78 is 5.04. The molecule has 0 saturated carbocycles. The Hall–Kier alpha value is -2.11. The SMILES string of the molecule is Cc1ccc(C)c(C(=O)OCC(=O)Nc2ncc(Cl)c(C)c2Cl)c1. The fourth-order valence-electron chi connectivity index (χ4n) is 1.98. The van der Waals surface area contributed by atoms with E-state index in [0.29, 0.717) is 16.1 Å². The summed E-state index contributed by atoms with van der Waals surface area (Å²) in [5.41, 5.74) is 2.76. The summed E-state index contributed by atoms with van der Waals surface area (Å²) in [5.74, 6) is -0.922. The topological polar surface area (TPSA) is 68.3 Å². The van der Waals surface area contributed by atoms with Gasteiger partial charge in [-0.05, 0) is 38.0 Å². The molecule has 1 N–H and O–H groups in total. The first kappa shape index (κ1) is 18.2. The molecule has 1 amide bonds. The Morgan fingerprint density at radius 2 is 1.92 bits per heavy atom. The summed E-state index contributed by atoms with van der Waals surface area (Å²) in [5, 5.41) is 3.14. The van der Waals surface area contributed by atoms with E-state index in [4.69, 9.17) is 27.9 Å². The molecule has 0 fully saturated rings. The Kier molecular flexibility index (Phi) is 5.80. The zero-order valence-corrected chi connectivity index (χ0v) is 15.0. The second-order valence-corrected chi connectivity index (χ2v) is 6.12. The van der Waals surface area contributed by atoms with Gasteiger partial charge in [0, 0.05) is 6.20 Å². The van der Waals surface area contributed by atoms with E-state index < -0.39 is 18.5 Å². The Morgan fingerprint density at radius 3 is 2.62 bits per heavy atom. The molecule has 0 spiro atoms. The number of esters is 1. The molecule has 7 heteroatoms. The predicted molar refractivity (Wildman–Crippen MR) is 93.8 cm³/mol. The van der Waals surface area contributed by atoms with Crippen LogP contribution in [0.3, 0.4) is 0 Å². The number of aryl methyl sites for hydroxylation is 2. The van der Waals surface area contributed by atoms with Crippen molar-refractivity contribution in [3.8, 4) is 0 Å². The minimum atomic E-state index is -0.558. The van der Waals surface area contributed by atoms with Crippen LogP contribution in [-0.4, -0.2) is 23.5 Å². The lowest BCUT2D eigenvalue weighted by atomic mass is 10.1. The van der Waals surface area contributed by atoms with Crippen LogP contribution in [0, 0.1) is 20.8 Å². The average Bonchev–Trinajstić information content (AvgIpc) is 2.55. The van der Waals surface area contributed by atoms with Crippen molar-refractivity contribution in [1.29, 1.82) is 0 Å². The highest BCUT2D eigenvalue weighted by Gasteiger charge is 2.15. The highest BCUT2D eigenvalue weighted by atomic mass is 35.5. The number of anilines is 1. The second-order valence-electron chi connectivity index (χ2n) is 5.34. The number of nitrogens with one attached hydrogen (secondary N) is 1. The first-order valence-corrected chi connectivity index (χ1v) is 7.90. The van der Waals surface area contributed by atoms with Gasteiger partial charge in [-0.1, -0.05) is 40.9 Å². The predicted octanol–water partition coefficient (Wildman–Crippen LogP) is 4.11. The lowest BCUT2D eigenvalue weighted by molar-refractivity contribution is -0.119. The number of hydrogen-bond donors (Lipinski definition) is 1. The maximum absolute atomic E-state index is 12.1. The van der Waals surface area contributed by atoms with Crippen LogP contribution in [0.25, 0.3) is 0 Å². The van der Waals surface area contributed by atoms with Gasteiger partial charge in [0.2, 0.25) is 0 Å². The van der Waals surface area contributed by atoms with Crippen LogP contribution in [0.5, 0.6) is 0 Å². The van der Waals surface area contributed by atoms with Gasteiger partial charge in [0.05, 0.1) is 15.6 Å². The van der Waals surface area contributed by atoms with Gasteiger partial charge in [-0.25, -0.2) is 9.78 Å². The van der Waals surface area contributed by atoms with E-state index in [2.05, 4.69) is 10.3 Å². The summed E-state index contributed by atoms with van der Waals surface area (Å²) >= 11 is 12.0. The lowest BCUT2D eigenvalue weighted by Gasteiger charge is -2.10. The number of ether oxygens (including phenoxy) is 1. The number of aromatic nitrogens is 1. The molecule has 0 bridgehead atoms. The zero-order chi connectivity index (χ0) is 17.9. The van der Waals surface area contributed by atoms with Gasteiger partial charge >= 0.3 is 5.97 Å². The number of hydrogen-bond acceptors (Lipinski definition) is 4. The van der Waals surface area contributed by atoms with E-state index in [-0.39, 0.29) is 10.8 Å². The first-order chi connectivity index (χ1) is 11.3. The normalized spacial score (nSPS) is 10.4. The third-order valence-corrected chi connectivity index (χ3v) is 4.25. The summed E-state index contributed by atoms with van der Waals surface area (Å²) in [6.45, 7) is 4.95. The molecule has 0 saturated heterocycles. The Labute approximate surface area is 149 Å². The zero-order valence-electron chi connectivity index (χ0n) is 13.4. The average molecular weight is 367 g/mol. The van der Waals surface area contributed by atoms with Gasteiger partial charge in [0.1, 0.15) is 0 Å². The number of halogens is 2. The van der Waals surface area contributed by atoms with Crippen LogP contribution in [0.1, 0.15) is 27.0 Å². The summed E-state index contributed by atoms with van der Waals surface area (Å²) in [7, 11) is 0. The van der Waals surface area contributed by atoms with Gasteiger partial charge in [-0.2, -0.15) is 0 Å². The van der Waals surface area contributed by atoms with Crippen molar-refractivity contribution in [3.63, 3.8) is 0 Å². The minimum Gasteiger partial charge on any atom is -0.452 e. The molecule has 0 aliphatic rings. The second kappa shape index (κ2) is 7.64. The number of carbonyl (C=O) groups excluding carboxylic acids is 2. The molecule has 5 nitrogen and oxygen atoms in total. The van der Waals surface area contributed by atoms with E-state index >= 15 is 0 Å². The molecule has 2 rings (SSSR count). The molecule has 2 aromatic rings. The number of nitrogens with zero attached hydrogens (tertiary/aromatic N) is 1. The number of benzene rings is 1. The Morgan fingerprint density at radius 1 is 1.21 bits per heavy atom. The maximum atomic E-state index is 12.1. The highest BCUT2D eigenvalue weighted by molar-refractivity contribution is 6.37. The fourth-order valence-corrected chi connectivity index (χ4v) is 2.37. The molecular weight excluding hydrogens is 351 g/mol. The highest BCUT2D eigenvalue weighted by Crippen LogP contribution is 2.28. The van der Waals surface area contributed by atoms with E-state index in [9.17, 15) is 9.59 Å². The number of amides is 1. The van der Waals surface area contributed by atoms with Crippen molar-refractivity contribution in [1.82, 2.24) is 4.98 Å². The first-order valence-electron chi connectivity index (χ1n) is 7.14. The van der Waals surface area contributed by atoms with Crippen LogP contribution in [0.2, 0.25) is 10.0 Å². The minimum absolute atomic E-state index is 0.173. The van der Waals surface area contributed by atoms with E-state index in [1.54, 1.807) is 19.9 Å². The van der Waals surface area contributed by atoms with Crippen molar-refractivity contribution in [3.05, 3.63) is 56.7 Å². The van der Waals surface area contributed by atoms with Gasteiger partial charge < -0.3 is 10.1 Å². The third-order valence-electron chi connectivity index (χ3n) is 3.41. The lowest BCUT2D eigenvalue weighted by Crippen LogP contribution is -2.22. The fraction of sp³-hybridized carbons (Fsp3) is 0.235. The van der Waals surface area contributed by atoms with E-state index in [1.807, 2.05) is 19.1 Å². The Balaban J connectivity index is 2.00. The largest absolute Gasteiger partial charge is 0.452 e. The molecule has 126 valence electrons. The van der Waals surface area contributed by atoms with Crippen LogP contribution in [0.15, 0.2) is 24.4 Å².